The number of halogens is 1. The molecule has 1 fully saturated rings. The Kier molecular flexibility index (Phi) is 5.44. The fourth-order valence-corrected chi connectivity index (χ4v) is 3.59. The number of likely N-dealkylation sites (tertiary alicyclic amines) is 1. The molecule has 1 aromatic carbocycles. The van der Waals surface area contributed by atoms with E-state index in [0.29, 0.717) is 12.2 Å². The van der Waals surface area contributed by atoms with Crippen molar-refractivity contribution in [1.29, 1.82) is 0 Å². The Morgan fingerprint density at radius 1 is 1.38 bits per heavy atom. The van der Waals surface area contributed by atoms with Gasteiger partial charge in [0.05, 0.1) is 17.1 Å². The third-order valence-corrected chi connectivity index (χ3v) is 5.29. The van der Waals surface area contributed by atoms with E-state index in [4.69, 9.17) is 4.74 Å². The molecule has 3 nitrogen and oxygen atoms in total. The number of nitrogens with zero attached hydrogens (tertiary/aromatic N) is 1. The number of ether oxygens (including phenoxy) is 1. The van der Waals surface area contributed by atoms with Gasteiger partial charge >= 0.3 is 0 Å². The van der Waals surface area contributed by atoms with E-state index in [0.717, 1.165) is 35.3 Å². The van der Waals surface area contributed by atoms with Crippen LogP contribution < -0.4 is 4.74 Å². The van der Waals surface area contributed by atoms with E-state index in [1.165, 1.54) is 12.8 Å². The number of hydrogen-bond donors (Lipinski definition) is 0. The minimum absolute atomic E-state index is 0.309. The van der Waals surface area contributed by atoms with Crippen molar-refractivity contribution in [3.8, 4) is 5.75 Å². The highest BCUT2D eigenvalue weighted by Gasteiger charge is 2.38. The van der Waals surface area contributed by atoms with Crippen molar-refractivity contribution < 1.29 is 9.53 Å². The third-order valence-electron chi connectivity index (χ3n) is 4.67. The molecule has 0 radical (unpaired) electrons. The Balaban J connectivity index is 2.13. The van der Waals surface area contributed by atoms with E-state index in [2.05, 4.69) is 34.7 Å². The first-order chi connectivity index (χ1) is 10.0. The molecule has 0 bridgehead atoms. The number of Topliss-reactive ketones (excluding diaryl/α,β-unsaturated/α-hetero) is 1. The van der Waals surface area contributed by atoms with Crippen LogP contribution in [0.3, 0.4) is 0 Å². The Labute approximate surface area is 135 Å². The maximum Gasteiger partial charge on any atom is 0.157 e. The molecule has 1 aliphatic rings. The summed E-state index contributed by atoms with van der Waals surface area (Å²) in [5, 5.41) is 0. The second-order valence-electron chi connectivity index (χ2n) is 5.89. The van der Waals surface area contributed by atoms with E-state index in [9.17, 15) is 4.79 Å². The molecule has 1 atom stereocenters. The molecular formula is C17H24BrNO2. The molecular weight excluding hydrogens is 330 g/mol. The molecule has 1 heterocycles. The maximum atomic E-state index is 12.8. The van der Waals surface area contributed by atoms with Crippen LogP contribution in [0.25, 0.3) is 0 Å². The van der Waals surface area contributed by atoms with Crippen molar-refractivity contribution in [2.75, 3.05) is 20.2 Å². The Morgan fingerprint density at radius 3 is 2.57 bits per heavy atom. The first-order valence-electron chi connectivity index (χ1n) is 7.62. The molecule has 0 amide bonds. The minimum atomic E-state index is -0.330. The summed E-state index contributed by atoms with van der Waals surface area (Å²) in [6, 6.07) is 5.87. The summed E-state index contributed by atoms with van der Waals surface area (Å²) in [5.74, 6) is 1.10. The lowest BCUT2D eigenvalue weighted by atomic mass is 9.87. The molecule has 0 N–H and O–H groups in total. The molecule has 4 heteroatoms. The van der Waals surface area contributed by atoms with Crippen molar-refractivity contribution in [1.82, 2.24) is 4.90 Å². The summed E-state index contributed by atoms with van der Waals surface area (Å²) < 4.78 is 6.13. The molecule has 1 saturated heterocycles. The fourth-order valence-electron chi connectivity index (χ4n) is 3.00. The first kappa shape index (κ1) is 16.5. The van der Waals surface area contributed by atoms with Crippen LogP contribution in [0.2, 0.25) is 0 Å². The van der Waals surface area contributed by atoms with Gasteiger partial charge in [-0.3, -0.25) is 9.69 Å². The zero-order valence-corrected chi connectivity index (χ0v) is 14.7. The average molecular weight is 354 g/mol. The zero-order valence-electron chi connectivity index (χ0n) is 13.1. The van der Waals surface area contributed by atoms with Gasteiger partial charge in [-0.2, -0.15) is 0 Å². The lowest BCUT2D eigenvalue weighted by molar-refractivity contribution is -0.129. The smallest absolute Gasteiger partial charge is 0.157 e. The quantitative estimate of drug-likeness (QED) is 0.778. The molecule has 0 spiro atoms. The van der Waals surface area contributed by atoms with E-state index in [1.807, 2.05) is 18.2 Å². The van der Waals surface area contributed by atoms with Crippen molar-refractivity contribution in [2.24, 2.45) is 0 Å². The van der Waals surface area contributed by atoms with E-state index in [-0.39, 0.29) is 5.54 Å². The number of rotatable bonds is 6. The highest BCUT2D eigenvalue weighted by Crippen LogP contribution is 2.29. The lowest BCUT2D eigenvalue weighted by Crippen LogP contribution is -2.51. The van der Waals surface area contributed by atoms with Gasteiger partial charge in [-0.1, -0.05) is 13.0 Å². The average Bonchev–Trinajstić information content (AvgIpc) is 3.01. The van der Waals surface area contributed by atoms with Crippen LogP contribution in [0, 0.1) is 0 Å². The Morgan fingerprint density at radius 2 is 2.05 bits per heavy atom. The highest BCUT2D eigenvalue weighted by molar-refractivity contribution is 9.10. The van der Waals surface area contributed by atoms with Gasteiger partial charge in [-0.05, 0) is 72.9 Å². The SMILES string of the molecule is CCC(C)(C(=O)Cc1ccc(OC)c(Br)c1)N1CCCC1. The van der Waals surface area contributed by atoms with E-state index in [1.54, 1.807) is 7.11 Å². The summed E-state index contributed by atoms with van der Waals surface area (Å²) >= 11 is 3.48. The molecule has 2 rings (SSSR count). The van der Waals surface area contributed by atoms with Crippen molar-refractivity contribution in [2.45, 2.75) is 45.1 Å². The van der Waals surface area contributed by atoms with Crippen molar-refractivity contribution in [3.63, 3.8) is 0 Å². The van der Waals surface area contributed by atoms with Crippen LogP contribution in [0.1, 0.15) is 38.7 Å². The second-order valence-corrected chi connectivity index (χ2v) is 6.74. The summed E-state index contributed by atoms with van der Waals surface area (Å²) in [5.41, 5.74) is 0.703. The van der Waals surface area contributed by atoms with Gasteiger partial charge in [0.1, 0.15) is 5.75 Å². The van der Waals surface area contributed by atoms with E-state index < -0.39 is 0 Å². The maximum absolute atomic E-state index is 12.8. The topological polar surface area (TPSA) is 29.5 Å². The Hall–Kier alpha value is -0.870. The molecule has 1 unspecified atom stereocenters. The molecule has 116 valence electrons. The zero-order chi connectivity index (χ0) is 15.5. The van der Waals surface area contributed by atoms with Gasteiger partial charge in [-0.15, -0.1) is 0 Å². The summed E-state index contributed by atoms with van der Waals surface area (Å²) in [7, 11) is 1.65. The lowest BCUT2D eigenvalue weighted by Gasteiger charge is -2.36. The predicted molar refractivity (Wildman–Crippen MR) is 88.9 cm³/mol. The molecule has 0 aromatic heterocycles. The largest absolute Gasteiger partial charge is 0.496 e. The first-order valence-corrected chi connectivity index (χ1v) is 8.41. The molecule has 0 aliphatic carbocycles. The summed E-state index contributed by atoms with van der Waals surface area (Å²) in [4.78, 5) is 15.2. The van der Waals surface area contributed by atoms with Gasteiger partial charge in [0.2, 0.25) is 0 Å². The van der Waals surface area contributed by atoms with Gasteiger partial charge in [0, 0.05) is 6.42 Å². The summed E-state index contributed by atoms with van der Waals surface area (Å²) in [6.45, 7) is 6.30. The normalized spacial score (nSPS) is 18.5. The van der Waals surface area contributed by atoms with Gasteiger partial charge in [0.15, 0.2) is 5.78 Å². The standard InChI is InChI=1S/C17H24BrNO2/c1-4-17(2,19-9-5-6-10-19)16(20)12-13-7-8-15(21-3)14(18)11-13/h7-8,11H,4-6,9-10,12H2,1-3H3. The number of carbonyl (C=O) groups excluding carboxylic acids is 1. The van der Waals surface area contributed by atoms with E-state index >= 15 is 0 Å². The molecule has 21 heavy (non-hydrogen) atoms. The molecule has 0 saturated carbocycles. The monoisotopic (exact) mass is 353 g/mol. The van der Waals surface area contributed by atoms with Crippen LogP contribution in [0.4, 0.5) is 0 Å². The third kappa shape index (κ3) is 3.49. The number of benzene rings is 1. The van der Waals surface area contributed by atoms with Crippen LogP contribution in [0.15, 0.2) is 22.7 Å². The highest BCUT2D eigenvalue weighted by atomic mass is 79.9. The van der Waals surface area contributed by atoms with Crippen LogP contribution in [-0.2, 0) is 11.2 Å². The molecule has 1 aliphatic heterocycles. The number of ketones is 1. The van der Waals surface area contributed by atoms with Crippen LogP contribution >= 0.6 is 15.9 Å². The van der Waals surface area contributed by atoms with Crippen molar-refractivity contribution in [3.05, 3.63) is 28.2 Å². The van der Waals surface area contributed by atoms with Crippen molar-refractivity contribution >= 4 is 21.7 Å². The van der Waals surface area contributed by atoms with Gasteiger partial charge in [0.25, 0.3) is 0 Å². The Bertz CT molecular complexity index is 512. The second kappa shape index (κ2) is 6.93. The predicted octanol–water partition coefficient (Wildman–Crippen LogP) is 3.83. The minimum Gasteiger partial charge on any atom is -0.496 e. The number of methoxy groups -OCH3 is 1. The fraction of sp³-hybridized carbons (Fsp3) is 0.588. The molecule has 1 aromatic rings. The van der Waals surface area contributed by atoms with Crippen LogP contribution in [0.5, 0.6) is 5.75 Å². The summed E-state index contributed by atoms with van der Waals surface area (Å²) in [6.07, 6.45) is 3.75. The van der Waals surface area contributed by atoms with Gasteiger partial charge in [-0.25, -0.2) is 0 Å². The van der Waals surface area contributed by atoms with Crippen LogP contribution in [-0.4, -0.2) is 36.4 Å². The number of hydrogen-bond acceptors (Lipinski definition) is 3. The van der Waals surface area contributed by atoms with Gasteiger partial charge < -0.3 is 4.74 Å². The number of carbonyl (C=O) groups is 1.